The molecule has 0 aliphatic rings. The highest BCUT2D eigenvalue weighted by Gasteiger charge is 2.21. The monoisotopic (exact) mass is 255 g/mol. The average molecular weight is 255 g/mol. The van der Waals surface area contributed by atoms with Crippen molar-refractivity contribution in [1.82, 2.24) is 5.32 Å². The lowest BCUT2D eigenvalue weighted by Gasteiger charge is -2.27. The van der Waals surface area contributed by atoms with Gasteiger partial charge in [0.15, 0.2) is 0 Å². The molecule has 0 radical (unpaired) electrons. The van der Waals surface area contributed by atoms with E-state index in [0.717, 1.165) is 22.9 Å². The highest BCUT2D eigenvalue weighted by molar-refractivity contribution is 7.99. The molecule has 0 saturated carbocycles. The summed E-state index contributed by atoms with van der Waals surface area (Å²) < 4.78 is 5.18. The van der Waals surface area contributed by atoms with Crippen molar-refractivity contribution in [2.75, 3.05) is 26.0 Å². The Bertz CT molecular complexity index is 346. The second kappa shape index (κ2) is 6.89. The summed E-state index contributed by atoms with van der Waals surface area (Å²) in [5.41, 5.74) is -0.234. The van der Waals surface area contributed by atoms with Gasteiger partial charge in [0.25, 0.3) is 0 Å². The Morgan fingerprint density at radius 2 is 2.24 bits per heavy atom. The van der Waals surface area contributed by atoms with Crippen LogP contribution in [0.3, 0.4) is 0 Å². The van der Waals surface area contributed by atoms with Crippen LogP contribution in [0.4, 0.5) is 0 Å². The lowest BCUT2D eigenvalue weighted by molar-refractivity contribution is 0.194. The number of rotatable bonds is 7. The van der Waals surface area contributed by atoms with Crippen LogP contribution in [-0.2, 0) is 0 Å². The Kier molecular flexibility index (Phi) is 5.82. The summed E-state index contributed by atoms with van der Waals surface area (Å²) in [5.74, 6) is 1.69. The fourth-order valence-electron chi connectivity index (χ4n) is 1.51. The van der Waals surface area contributed by atoms with Crippen molar-refractivity contribution in [2.24, 2.45) is 0 Å². The minimum atomic E-state index is -0.234. The number of hydrogen-bond acceptors (Lipinski definition) is 4. The molecule has 4 heteroatoms. The van der Waals surface area contributed by atoms with Crippen LogP contribution < -0.4 is 10.1 Å². The second-order valence-electron chi connectivity index (χ2n) is 4.22. The molecule has 0 aliphatic carbocycles. The molecule has 1 unspecified atom stereocenters. The van der Waals surface area contributed by atoms with Crippen molar-refractivity contribution in [2.45, 2.75) is 24.3 Å². The Balaban J connectivity index is 2.59. The number of ether oxygens (including phenoxy) is 1. The van der Waals surface area contributed by atoms with Crippen LogP contribution in [0.5, 0.6) is 5.75 Å². The Morgan fingerprint density at radius 1 is 1.47 bits per heavy atom. The van der Waals surface area contributed by atoms with E-state index >= 15 is 0 Å². The third kappa shape index (κ3) is 4.58. The van der Waals surface area contributed by atoms with E-state index in [4.69, 9.17) is 4.74 Å². The standard InChI is InChI=1S/C13H21NO2S/c1-4-14-13(2,9-15)10-17-12-7-5-6-11(8-12)16-3/h5-8,14-15H,4,9-10H2,1-3H3. The molecule has 1 aromatic carbocycles. The fourth-order valence-corrected chi connectivity index (χ4v) is 2.57. The molecule has 3 nitrogen and oxygen atoms in total. The predicted octanol–water partition coefficient (Wildman–Crippen LogP) is 2.15. The Labute approximate surface area is 108 Å². The van der Waals surface area contributed by atoms with Crippen LogP contribution in [-0.4, -0.2) is 36.7 Å². The van der Waals surface area contributed by atoms with Gasteiger partial charge in [0.1, 0.15) is 5.75 Å². The van der Waals surface area contributed by atoms with Crippen LogP contribution in [0.2, 0.25) is 0 Å². The van der Waals surface area contributed by atoms with E-state index < -0.39 is 0 Å². The molecular formula is C13H21NO2S. The van der Waals surface area contributed by atoms with E-state index in [9.17, 15) is 5.11 Å². The van der Waals surface area contributed by atoms with Crippen molar-refractivity contribution in [3.8, 4) is 5.75 Å². The van der Waals surface area contributed by atoms with Crippen molar-refractivity contribution < 1.29 is 9.84 Å². The van der Waals surface area contributed by atoms with Gasteiger partial charge in [-0.25, -0.2) is 0 Å². The largest absolute Gasteiger partial charge is 0.497 e. The predicted molar refractivity (Wildman–Crippen MR) is 72.9 cm³/mol. The SMILES string of the molecule is CCNC(C)(CO)CSc1cccc(OC)c1. The molecule has 0 heterocycles. The van der Waals surface area contributed by atoms with Crippen molar-refractivity contribution in [3.63, 3.8) is 0 Å². The van der Waals surface area contributed by atoms with Crippen LogP contribution in [0.25, 0.3) is 0 Å². The number of nitrogens with one attached hydrogen (secondary N) is 1. The summed E-state index contributed by atoms with van der Waals surface area (Å²) in [5, 5.41) is 12.7. The minimum absolute atomic E-state index is 0.137. The topological polar surface area (TPSA) is 41.5 Å². The molecule has 0 saturated heterocycles. The summed E-state index contributed by atoms with van der Waals surface area (Å²) in [6.07, 6.45) is 0. The lowest BCUT2D eigenvalue weighted by Crippen LogP contribution is -2.47. The first-order valence-electron chi connectivity index (χ1n) is 5.76. The molecule has 1 rings (SSSR count). The summed E-state index contributed by atoms with van der Waals surface area (Å²) in [4.78, 5) is 1.15. The quantitative estimate of drug-likeness (QED) is 0.733. The molecular weight excluding hydrogens is 234 g/mol. The van der Waals surface area contributed by atoms with E-state index in [0.29, 0.717) is 0 Å². The lowest BCUT2D eigenvalue weighted by atomic mass is 10.1. The van der Waals surface area contributed by atoms with Gasteiger partial charge in [-0.1, -0.05) is 13.0 Å². The van der Waals surface area contributed by atoms with Gasteiger partial charge >= 0.3 is 0 Å². The van der Waals surface area contributed by atoms with Crippen molar-refractivity contribution in [1.29, 1.82) is 0 Å². The molecule has 0 fully saturated rings. The van der Waals surface area contributed by atoms with Crippen LogP contribution in [0, 0.1) is 0 Å². The summed E-state index contributed by atoms with van der Waals surface area (Å²) in [6, 6.07) is 7.97. The molecule has 1 atom stereocenters. The third-order valence-corrected chi connectivity index (χ3v) is 3.92. The van der Waals surface area contributed by atoms with Gasteiger partial charge in [-0.2, -0.15) is 0 Å². The first-order chi connectivity index (χ1) is 8.13. The number of methoxy groups -OCH3 is 1. The van der Waals surface area contributed by atoms with Gasteiger partial charge in [0.05, 0.1) is 13.7 Å². The zero-order valence-electron chi connectivity index (χ0n) is 10.7. The van der Waals surface area contributed by atoms with Gasteiger partial charge in [0.2, 0.25) is 0 Å². The van der Waals surface area contributed by atoms with Crippen LogP contribution in [0.1, 0.15) is 13.8 Å². The van der Waals surface area contributed by atoms with Gasteiger partial charge < -0.3 is 15.2 Å². The molecule has 2 N–H and O–H groups in total. The maximum absolute atomic E-state index is 9.39. The minimum Gasteiger partial charge on any atom is -0.497 e. The van der Waals surface area contributed by atoms with E-state index in [1.807, 2.05) is 32.0 Å². The molecule has 0 aliphatic heterocycles. The number of hydrogen-bond donors (Lipinski definition) is 2. The van der Waals surface area contributed by atoms with Gasteiger partial charge in [-0.05, 0) is 31.7 Å². The number of benzene rings is 1. The van der Waals surface area contributed by atoms with Crippen molar-refractivity contribution in [3.05, 3.63) is 24.3 Å². The fraction of sp³-hybridized carbons (Fsp3) is 0.538. The summed E-state index contributed by atoms with van der Waals surface area (Å²) in [6.45, 7) is 5.07. The molecule has 0 bridgehead atoms. The second-order valence-corrected chi connectivity index (χ2v) is 5.27. The van der Waals surface area contributed by atoms with E-state index in [-0.39, 0.29) is 12.1 Å². The molecule has 17 heavy (non-hydrogen) atoms. The third-order valence-electron chi connectivity index (χ3n) is 2.55. The van der Waals surface area contributed by atoms with E-state index in [1.54, 1.807) is 18.9 Å². The van der Waals surface area contributed by atoms with E-state index in [2.05, 4.69) is 11.4 Å². The number of aliphatic hydroxyl groups excluding tert-OH is 1. The van der Waals surface area contributed by atoms with Crippen LogP contribution in [0.15, 0.2) is 29.2 Å². The maximum Gasteiger partial charge on any atom is 0.119 e. The normalized spacial score (nSPS) is 14.4. The molecule has 1 aromatic rings. The Hall–Kier alpha value is -0.710. The number of thioether (sulfide) groups is 1. The number of aliphatic hydroxyl groups is 1. The molecule has 96 valence electrons. The summed E-state index contributed by atoms with van der Waals surface area (Å²) >= 11 is 1.72. The number of likely N-dealkylation sites (N-methyl/N-ethyl adjacent to an activating group) is 1. The molecule has 0 aromatic heterocycles. The first-order valence-corrected chi connectivity index (χ1v) is 6.75. The van der Waals surface area contributed by atoms with Gasteiger partial charge in [-0.3, -0.25) is 0 Å². The van der Waals surface area contributed by atoms with Crippen LogP contribution >= 0.6 is 11.8 Å². The molecule has 0 spiro atoms. The smallest absolute Gasteiger partial charge is 0.119 e. The Morgan fingerprint density at radius 3 is 2.82 bits per heavy atom. The van der Waals surface area contributed by atoms with Gasteiger partial charge in [-0.15, -0.1) is 11.8 Å². The highest BCUT2D eigenvalue weighted by atomic mass is 32.2. The zero-order chi connectivity index (χ0) is 12.7. The van der Waals surface area contributed by atoms with Gasteiger partial charge in [0, 0.05) is 16.2 Å². The molecule has 0 amide bonds. The summed E-state index contributed by atoms with van der Waals surface area (Å²) in [7, 11) is 1.67. The highest BCUT2D eigenvalue weighted by Crippen LogP contribution is 2.25. The van der Waals surface area contributed by atoms with E-state index in [1.165, 1.54) is 0 Å². The average Bonchev–Trinajstić information content (AvgIpc) is 2.37. The van der Waals surface area contributed by atoms with Crippen molar-refractivity contribution >= 4 is 11.8 Å². The zero-order valence-corrected chi connectivity index (χ0v) is 11.5. The first kappa shape index (κ1) is 14.4. The maximum atomic E-state index is 9.39.